The molecular weight excluding hydrogens is 474 g/mol. The number of rotatable bonds is 11. The number of amides is 1. The molecule has 0 aliphatic heterocycles. The molecule has 0 radical (unpaired) electrons. The number of ether oxygens (including phenoxy) is 4. The summed E-state index contributed by atoms with van der Waals surface area (Å²) in [7, 11) is 0. The van der Waals surface area contributed by atoms with Gasteiger partial charge in [0.2, 0.25) is 6.29 Å². The first-order chi connectivity index (χ1) is 16.5. The fourth-order valence-electron chi connectivity index (χ4n) is 2.81. The first-order valence-electron chi connectivity index (χ1n) is 11.3. The maximum atomic E-state index is 12.5. The predicted molar refractivity (Wildman–Crippen MR) is 131 cm³/mol. The molecule has 1 atom stereocenters. The quantitative estimate of drug-likeness (QED) is 0.332. The van der Waals surface area contributed by atoms with Crippen molar-refractivity contribution < 1.29 is 33.3 Å². The average molecular weight is 506 g/mol. The van der Waals surface area contributed by atoms with Gasteiger partial charge in [-0.05, 0) is 68.1 Å². The molecule has 1 amide bonds. The SMILES string of the molecule is CC(C)COC(=O)OC(C)OC(=O)C(C)(C)Oc1ccc(CCNC(=O)c2ccc(Cl)cc2)cc1. The van der Waals surface area contributed by atoms with E-state index in [4.69, 9.17) is 30.5 Å². The van der Waals surface area contributed by atoms with Crippen LogP contribution in [0, 0.1) is 5.92 Å². The fourth-order valence-corrected chi connectivity index (χ4v) is 2.93. The van der Waals surface area contributed by atoms with Crippen LogP contribution in [-0.2, 0) is 25.4 Å². The fraction of sp³-hybridized carbons (Fsp3) is 0.423. The van der Waals surface area contributed by atoms with Crippen molar-refractivity contribution in [2.75, 3.05) is 13.2 Å². The second-order valence-corrected chi connectivity index (χ2v) is 9.25. The standard InChI is InChI=1S/C26H32ClNO7/c1-17(2)16-32-25(31)34-18(3)33-24(30)26(4,5)35-22-12-6-19(7-13-22)14-15-28-23(29)20-8-10-21(27)11-9-20/h6-13,17-18H,14-16H2,1-5H3,(H,28,29). The van der Waals surface area contributed by atoms with E-state index in [1.807, 2.05) is 26.0 Å². The van der Waals surface area contributed by atoms with Crippen molar-refractivity contribution in [3.8, 4) is 5.75 Å². The van der Waals surface area contributed by atoms with Gasteiger partial charge >= 0.3 is 12.1 Å². The molecule has 0 aliphatic rings. The average Bonchev–Trinajstić information content (AvgIpc) is 2.79. The largest absolute Gasteiger partial charge is 0.511 e. The Morgan fingerprint density at radius 2 is 1.57 bits per heavy atom. The molecule has 35 heavy (non-hydrogen) atoms. The number of hydrogen-bond acceptors (Lipinski definition) is 7. The highest BCUT2D eigenvalue weighted by molar-refractivity contribution is 6.30. The van der Waals surface area contributed by atoms with Gasteiger partial charge in [-0.2, -0.15) is 0 Å². The Morgan fingerprint density at radius 3 is 2.17 bits per heavy atom. The van der Waals surface area contributed by atoms with E-state index < -0.39 is 24.0 Å². The molecule has 2 aromatic rings. The van der Waals surface area contributed by atoms with Gasteiger partial charge in [-0.3, -0.25) is 4.79 Å². The number of esters is 1. The Morgan fingerprint density at radius 1 is 0.943 bits per heavy atom. The van der Waals surface area contributed by atoms with E-state index in [1.165, 1.54) is 6.92 Å². The second-order valence-electron chi connectivity index (χ2n) is 8.81. The number of carbonyl (C=O) groups is 3. The number of benzene rings is 2. The Hall–Kier alpha value is -3.26. The van der Waals surface area contributed by atoms with Crippen LogP contribution in [0.15, 0.2) is 48.5 Å². The monoisotopic (exact) mass is 505 g/mol. The molecule has 0 aliphatic carbocycles. The first-order valence-corrected chi connectivity index (χ1v) is 11.7. The molecule has 0 aromatic heterocycles. The Balaban J connectivity index is 1.80. The normalized spacial score (nSPS) is 12.0. The Kier molecular flexibility index (Phi) is 10.4. The molecular formula is C26H32ClNO7. The minimum atomic E-state index is -1.33. The minimum Gasteiger partial charge on any atom is -0.476 e. The Bertz CT molecular complexity index is 988. The van der Waals surface area contributed by atoms with E-state index in [0.29, 0.717) is 29.3 Å². The summed E-state index contributed by atoms with van der Waals surface area (Å²) in [5, 5.41) is 3.43. The Labute approximate surface area is 210 Å². The smallest absolute Gasteiger partial charge is 0.476 e. The van der Waals surface area contributed by atoms with Crippen LogP contribution in [0.2, 0.25) is 5.02 Å². The lowest BCUT2D eigenvalue weighted by atomic mass is 10.1. The summed E-state index contributed by atoms with van der Waals surface area (Å²) >= 11 is 5.84. The van der Waals surface area contributed by atoms with E-state index in [2.05, 4.69) is 5.32 Å². The van der Waals surface area contributed by atoms with Gasteiger partial charge in [-0.25, -0.2) is 9.59 Å². The highest BCUT2D eigenvalue weighted by Gasteiger charge is 2.34. The third-order valence-corrected chi connectivity index (χ3v) is 4.92. The van der Waals surface area contributed by atoms with Crippen LogP contribution < -0.4 is 10.1 Å². The molecule has 8 nitrogen and oxygen atoms in total. The summed E-state index contributed by atoms with van der Waals surface area (Å²) in [6, 6.07) is 13.8. The van der Waals surface area contributed by atoms with Crippen molar-refractivity contribution in [1.82, 2.24) is 5.32 Å². The summed E-state index contributed by atoms with van der Waals surface area (Å²) in [4.78, 5) is 36.3. The van der Waals surface area contributed by atoms with Crippen LogP contribution in [0.3, 0.4) is 0 Å². The van der Waals surface area contributed by atoms with Gasteiger partial charge < -0.3 is 24.3 Å². The van der Waals surface area contributed by atoms with Crippen molar-refractivity contribution >= 4 is 29.6 Å². The number of nitrogens with one attached hydrogen (secondary N) is 1. The molecule has 2 rings (SSSR count). The van der Waals surface area contributed by atoms with Crippen molar-refractivity contribution in [2.24, 2.45) is 5.92 Å². The van der Waals surface area contributed by atoms with Crippen LogP contribution in [-0.4, -0.2) is 43.1 Å². The van der Waals surface area contributed by atoms with Gasteiger partial charge in [0.05, 0.1) is 6.61 Å². The van der Waals surface area contributed by atoms with Crippen LogP contribution in [0.25, 0.3) is 0 Å². The lowest BCUT2D eigenvalue weighted by molar-refractivity contribution is -0.183. The van der Waals surface area contributed by atoms with Crippen LogP contribution in [0.4, 0.5) is 4.79 Å². The molecule has 0 heterocycles. The van der Waals surface area contributed by atoms with Crippen LogP contribution in [0.1, 0.15) is 50.5 Å². The molecule has 2 aromatic carbocycles. The van der Waals surface area contributed by atoms with Crippen molar-refractivity contribution in [1.29, 1.82) is 0 Å². The summed E-state index contributed by atoms with van der Waals surface area (Å²) in [6.45, 7) is 8.98. The van der Waals surface area contributed by atoms with Crippen LogP contribution >= 0.6 is 11.6 Å². The van der Waals surface area contributed by atoms with E-state index >= 15 is 0 Å². The van der Waals surface area contributed by atoms with E-state index in [1.54, 1.807) is 50.2 Å². The van der Waals surface area contributed by atoms with Gasteiger partial charge in [-0.15, -0.1) is 0 Å². The topological polar surface area (TPSA) is 100 Å². The van der Waals surface area contributed by atoms with Crippen molar-refractivity contribution in [3.05, 3.63) is 64.7 Å². The van der Waals surface area contributed by atoms with E-state index in [0.717, 1.165) is 5.56 Å². The molecule has 0 fully saturated rings. The molecule has 0 spiro atoms. The van der Waals surface area contributed by atoms with Crippen LogP contribution in [0.5, 0.6) is 5.75 Å². The molecule has 190 valence electrons. The summed E-state index contributed by atoms with van der Waals surface area (Å²) in [6.07, 6.45) is -1.42. The summed E-state index contributed by atoms with van der Waals surface area (Å²) < 4.78 is 20.8. The third-order valence-electron chi connectivity index (χ3n) is 4.66. The number of carbonyl (C=O) groups excluding carboxylic acids is 3. The highest BCUT2D eigenvalue weighted by atomic mass is 35.5. The molecule has 0 saturated carbocycles. The zero-order valence-electron chi connectivity index (χ0n) is 20.6. The summed E-state index contributed by atoms with van der Waals surface area (Å²) in [5.41, 5.74) is 0.198. The maximum absolute atomic E-state index is 12.5. The van der Waals surface area contributed by atoms with Gasteiger partial charge in [0.1, 0.15) is 5.75 Å². The predicted octanol–water partition coefficient (Wildman–Crippen LogP) is 5.17. The lowest BCUT2D eigenvalue weighted by Crippen LogP contribution is -2.42. The zero-order chi connectivity index (χ0) is 26.0. The molecule has 0 bridgehead atoms. The number of halogens is 1. The second kappa shape index (κ2) is 13.0. The summed E-state index contributed by atoms with van der Waals surface area (Å²) in [5.74, 6) is -0.248. The third kappa shape index (κ3) is 9.86. The first kappa shape index (κ1) is 28.0. The molecule has 0 saturated heterocycles. The van der Waals surface area contributed by atoms with E-state index in [9.17, 15) is 14.4 Å². The molecule has 1 unspecified atom stereocenters. The van der Waals surface area contributed by atoms with Gasteiger partial charge in [0.15, 0.2) is 5.60 Å². The van der Waals surface area contributed by atoms with Gasteiger partial charge in [0, 0.05) is 24.1 Å². The van der Waals surface area contributed by atoms with Gasteiger partial charge in [-0.1, -0.05) is 37.6 Å². The lowest BCUT2D eigenvalue weighted by Gasteiger charge is -2.26. The maximum Gasteiger partial charge on any atom is 0.511 e. The molecule has 1 N–H and O–H groups in total. The van der Waals surface area contributed by atoms with Crippen molar-refractivity contribution in [3.63, 3.8) is 0 Å². The van der Waals surface area contributed by atoms with E-state index in [-0.39, 0.29) is 18.4 Å². The highest BCUT2D eigenvalue weighted by Crippen LogP contribution is 2.21. The number of hydrogen-bond donors (Lipinski definition) is 1. The van der Waals surface area contributed by atoms with Gasteiger partial charge in [0.25, 0.3) is 5.91 Å². The zero-order valence-corrected chi connectivity index (χ0v) is 21.4. The van der Waals surface area contributed by atoms with Crippen molar-refractivity contribution in [2.45, 2.75) is 52.9 Å². The minimum absolute atomic E-state index is 0.159. The molecule has 9 heteroatoms.